The van der Waals surface area contributed by atoms with Gasteiger partial charge < -0.3 is 19.7 Å². The molecule has 1 unspecified atom stereocenters. The van der Waals surface area contributed by atoms with E-state index in [-0.39, 0.29) is 6.04 Å². The predicted molar refractivity (Wildman–Crippen MR) is 65.4 cm³/mol. The van der Waals surface area contributed by atoms with Crippen molar-refractivity contribution >= 4 is 0 Å². The highest BCUT2D eigenvalue weighted by Gasteiger charge is 2.13. The molecule has 18 heavy (non-hydrogen) atoms. The SMILES string of the molecule is COc1ccc(-c2noc(C(C)N)n2)cc1OC. The van der Waals surface area contributed by atoms with E-state index in [0.717, 1.165) is 5.56 Å². The molecular weight excluding hydrogens is 234 g/mol. The van der Waals surface area contributed by atoms with Crippen LogP contribution < -0.4 is 15.2 Å². The monoisotopic (exact) mass is 249 g/mol. The Morgan fingerprint density at radius 1 is 1.22 bits per heavy atom. The zero-order valence-electron chi connectivity index (χ0n) is 10.5. The van der Waals surface area contributed by atoms with Crippen molar-refractivity contribution in [3.05, 3.63) is 24.1 Å². The number of nitrogens with zero attached hydrogens (tertiary/aromatic N) is 2. The molecule has 0 bridgehead atoms. The first kappa shape index (κ1) is 12.4. The van der Waals surface area contributed by atoms with E-state index in [2.05, 4.69) is 10.1 Å². The molecule has 0 amide bonds. The molecule has 1 aromatic carbocycles. The summed E-state index contributed by atoms with van der Waals surface area (Å²) in [5.41, 5.74) is 6.45. The van der Waals surface area contributed by atoms with Gasteiger partial charge in [-0.2, -0.15) is 4.98 Å². The van der Waals surface area contributed by atoms with Gasteiger partial charge in [-0.1, -0.05) is 5.16 Å². The highest BCUT2D eigenvalue weighted by atomic mass is 16.5. The third-order valence-corrected chi connectivity index (χ3v) is 2.47. The van der Waals surface area contributed by atoms with Crippen molar-refractivity contribution in [3.8, 4) is 22.9 Å². The summed E-state index contributed by atoms with van der Waals surface area (Å²) in [6.45, 7) is 1.78. The highest BCUT2D eigenvalue weighted by Crippen LogP contribution is 2.31. The fraction of sp³-hybridized carbons (Fsp3) is 0.333. The van der Waals surface area contributed by atoms with Crippen LogP contribution in [0.3, 0.4) is 0 Å². The van der Waals surface area contributed by atoms with Gasteiger partial charge in [0.1, 0.15) is 0 Å². The molecule has 0 spiro atoms. The van der Waals surface area contributed by atoms with Crippen molar-refractivity contribution in [2.45, 2.75) is 13.0 Å². The Balaban J connectivity index is 2.38. The molecule has 2 rings (SSSR count). The second-order valence-electron chi connectivity index (χ2n) is 3.81. The molecule has 0 saturated heterocycles. The summed E-state index contributed by atoms with van der Waals surface area (Å²) >= 11 is 0. The first-order chi connectivity index (χ1) is 8.65. The predicted octanol–water partition coefficient (Wildman–Crippen LogP) is 1.77. The molecule has 0 aliphatic heterocycles. The Kier molecular flexibility index (Phi) is 3.47. The highest BCUT2D eigenvalue weighted by molar-refractivity contribution is 5.60. The van der Waals surface area contributed by atoms with E-state index in [1.165, 1.54) is 0 Å². The number of rotatable bonds is 4. The molecule has 2 N–H and O–H groups in total. The van der Waals surface area contributed by atoms with Crippen molar-refractivity contribution in [2.24, 2.45) is 5.73 Å². The Morgan fingerprint density at radius 3 is 2.50 bits per heavy atom. The Morgan fingerprint density at radius 2 is 1.94 bits per heavy atom. The van der Waals surface area contributed by atoms with E-state index in [1.54, 1.807) is 33.3 Å². The van der Waals surface area contributed by atoms with E-state index in [0.29, 0.717) is 23.2 Å². The smallest absolute Gasteiger partial charge is 0.243 e. The van der Waals surface area contributed by atoms with Gasteiger partial charge in [0.2, 0.25) is 11.7 Å². The Labute approximate surface area is 105 Å². The standard InChI is InChI=1S/C12H15N3O3/c1-7(13)12-14-11(15-18-12)8-4-5-9(16-2)10(6-8)17-3/h4-7H,13H2,1-3H3. The average Bonchev–Trinajstić information content (AvgIpc) is 2.87. The lowest BCUT2D eigenvalue weighted by Gasteiger charge is -2.07. The maximum Gasteiger partial charge on any atom is 0.243 e. The van der Waals surface area contributed by atoms with Crippen LogP contribution in [-0.4, -0.2) is 24.4 Å². The fourth-order valence-corrected chi connectivity index (χ4v) is 1.51. The van der Waals surface area contributed by atoms with Crippen molar-refractivity contribution in [3.63, 3.8) is 0 Å². The van der Waals surface area contributed by atoms with Crippen LogP contribution in [-0.2, 0) is 0 Å². The third kappa shape index (κ3) is 2.28. The Hall–Kier alpha value is -2.08. The van der Waals surface area contributed by atoms with Gasteiger partial charge in [0.15, 0.2) is 11.5 Å². The van der Waals surface area contributed by atoms with Gasteiger partial charge >= 0.3 is 0 Å². The Bertz CT molecular complexity index is 537. The van der Waals surface area contributed by atoms with Gasteiger partial charge in [-0.15, -0.1) is 0 Å². The van der Waals surface area contributed by atoms with Crippen LogP contribution in [0.2, 0.25) is 0 Å². The zero-order chi connectivity index (χ0) is 13.1. The zero-order valence-corrected chi connectivity index (χ0v) is 10.5. The van der Waals surface area contributed by atoms with Crippen LogP contribution in [0, 0.1) is 0 Å². The van der Waals surface area contributed by atoms with Crippen LogP contribution in [0.1, 0.15) is 18.9 Å². The maximum absolute atomic E-state index is 5.67. The molecule has 6 nitrogen and oxygen atoms in total. The van der Waals surface area contributed by atoms with Crippen molar-refractivity contribution in [1.29, 1.82) is 0 Å². The van der Waals surface area contributed by atoms with Gasteiger partial charge in [0, 0.05) is 5.56 Å². The largest absolute Gasteiger partial charge is 0.493 e. The average molecular weight is 249 g/mol. The first-order valence-electron chi connectivity index (χ1n) is 5.47. The molecule has 0 aliphatic carbocycles. The van der Waals surface area contributed by atoms with E-state index in [1.807, 2.05) is 6.07 Å². The van der Waals surface area contributed by atoms with E-state index in [4.69, 9.17) is 19.7 Å². The number of methoxy groups -OCH3 is 2. The summed E-state index contributed by atoms with van der Waals surface area (Å²) in [4.78, 5) is 4.21. The lowest BCUT2D eigenvalue weighted by Crippen LogP contribution is -2.04. The third-order valence-electron chi connectivity index (χ3n) is 2.47. The number of nitrogens with two attached hydrogens (primary N) is 1. The molecule has 0 saturated carbocycles. The number of hydrogen-bond acceptors (Lipinski definition) is 6. The van der Waals surface area contributed by atoms with Crippen LogP contribution in [0.5, 0.6) is 11.5 Å². The van der Waals surface area contributed by atoms with Crippen LogP contribution >= 0.6 is 0 Å². The molecular formula is C12H15N3O3. The van der Waals surface area contributed by atoms with E-state index >= 15 is 0 Å². The first-order valence-corrected chi connectivity index (χ1v) is 5.47. The van der Waals surface area contributed by atoms with Gasteiger partial charge in [-0.3, -0.25) is 0 Å². The molecule has 6 heteroatoms. The summed E-state index contributed by atoms with van der Waals surface area (Å²) in [5, 5.41) is 3.88. The molecule has 1 aromatic heterocycles. The van der Waals surface area contributed by atoms with Gasteiger partial charge in [-0.05, 0) is 25.1 Å². The van der Waals surface area contributed by atoms with Gasteiger partial charge in [0.05, 0.1) is 20.3 Å². The van der Waals surface area contributed by atoms with Crippen molar-refractivity contribution in [2.75, 3.05) is 14.2 Å². The summed E-state index contributed by atoms with van der Waals surface area (Å²) in [7, 11) is 3.16. The summed E-state index contributed by atoms with van der Waals surface area (Å²) in [6.07, 6.45) is 0. The van der Waals surface area contributed by atoms with Crippen molar-refractivity contribution in [1.82, 2.24) is 10.1 Å². The molecule has 0 radical (unpaired) electrons. The van der Waals surface area contributed by atoms with Crippen LogP contribution in [0.25, 0.3) is 11.4 Å². The van der Waals surface area contributed by atoms with Crippen LogP contribution in [0.4, 0.5) is 0 Å². The number of aromatic nitrogens is 2. The minimum Gasteiger partial charge on any atom is -0.493 e. The summed E-state index contributed by atoms with van der Waals surface area (Å²) < 4.78 is 15.4. The minimum atomic E-state index is -0.286. The normalized spacial score (nSPS) is 12.2. The van der Waals surface area contributed by atoms with E-state index in [9.17, 15) is 0 Å². The molecule has 0 fully saturated rings. The second-order valence-corrected chi connectivity index (χ2v) is 3.81. The lowest BCUT2D eigenvalue weighted by atomic mass is 10.2. The van der Waals surface area contributed by atoms with Gasteiger partial charge in [0.25, 0.3) is 0 Å². The molecule has 2 aromatic rings. The number of hydrogen-bond donors (Lipinski definition) is 1. The molecule has 0 aliphatic rings. The van der Waals surface area contributed by atoms with Gasteiger partial charge in [-0.25, -0.2) is 0 Å². The second kappa shape index (κ2) is 5.05. The quantitative estimate of drug-likeness (QED) is 0.889. The van der Waals surface area contributed by atoms with E-state index < -0.39 is 0 Å². The lowest BCUT2D eigenvalue weighted by molar-refractivity contribution is 0.355. The minimum absolute atomic E-state index is 0.286. The summed E-state index contributed by atoms with van der Waals surface area (Å²) in [6, 6.07) is 5.12. The summed E-state index contributed by atoms with van der Waals surface area (Å²) in [5.74, 6) is 2.14. The van der Waals surface area contributed by atoms with Crippen LogP contribution in [0.15, 0.2) is 22.7 Å². The number of benzene rings is 1. The van der Waals surface area contributed by atoms with Crippen molar-refractivity contribution < 1.29 is 14.0 Å². The molecule has 96 valence electrons. The molecule has 1 atom stereocenters. The number of ether oxygens (including phenoxy) is 2. The maximum atomic E-state index is 5.67. The fourth-order valence-electron chi connectivity index (χ4n) is 1.51. The topological polar surface area (TPSA) is 83.4 Å². The molecule has 1 heterocycles.